The maximum atomic E-state index is 12.2. The average Bonchev–Trinajstić information content (AvgIpc) is 3.13. The minimum Gasteiger partial charge on any atom is -0.454 e. The number of benzene rings is 2. The molecule has 5 heteroatoms. The number of carbonyl (C=O) groups is 1. The van der Waals surface area contributed by atoms with Crippen LogP contribution >= 0.6 is 11.3 Å². The molecule has 0 radical (unpaired) electrons. The molecular formula is C16H10O4S. The van der Waals surface area contributed by atoms with E-state index in [1.807, 2.05) is 30.3 Å². The van der Waals surface area contributed by atoms with Crippen molar-refractivity contribution in [2.45, 2.75) is 0 Å². The van der Waals surface area contributed by atoms with Gasteiger partial charge in [0, 0.05) is 10.8 Å². The summed E-state index contributed by atoms with van der Waals surface area (Å²) in [7, 11) is 0. The third-order valence-corrected chi connectivity index (χ3v) is 4.28. The van der Waals surface area contributed by atoms with Crippen molar-refractivity contribution >= 4 is 27.4 Å². The highest BCUT2D eigenvalue weighted by Crippen LogP contribution is 2.35. The van der Waals surface area contributed by atoms with Crippen molar-refractivity contribution in [3.05, 3.63) is 53.4 Å². The molecule has 1 aliphatic rings. The number of esters is 1. The first-order valence-corrected chi connectivity index (χ1v) is 7.22. The number of fused-ring (bicyclic) bond motifs is 2. The molecule has 3 aromatic rings. The van der Waals surface area contributed by atoms with Gasteiger partial charge in [-0.2, -0.15) is 0 Å². The lowest BCUT2D eigenvalue weighted by atomic mass is 10.2. The summed E-state index contributed by atoms with van der Waals surface area (Å²) < 4.78 is 16.9. The molecule has 104 valence electrons. The molecule has 0 unspecified atom stereocenters. The van der Waals surface area contributed by atoms with Gasteiger partial charge in [-0.1, -0.05) is 18.2 Å². The topological polar surface area (TPSA) is 44.8 Å². The van der Waals surface area contributed by atoms with Gasteiger partial charge in [0.1, 0.15) is 10.6 Å². The summed E-state index contributed by atoms with van der Waals surface area (Å²) in [6.07, 6.45) is 0. The Kier molecular flexibility index (Phi) is 2.79. The standard InChI is InChI=1S/C16H10O4S/c17-16(15-7-10-3-1-2-4-14(10)21-15)20-11-5-6-12-13(8-11)19-9-18-12/h1-8H,9H2. The fourth-order valence-corrected chi connectivity index (χ4v) is 3.12. The van der Waals surface area contributed by atoms with Crippen molar-refractivity contribution in [2.75, 3.05) is 6.79 Å². The summed E-state index contributed by atoms with van der Waals surface area (Å²) in [6, 6.07) is 14.8. The van der Waals surface area contributed by atoms with Crippen LogP contribution in [0, 0.1) is 0 Å². The normalized spacial score (nSPS) is 12.6. The van der Waals surface area contributed by atoms with E-state index in [1.165, 1.54) is 11.3 Å². The van der Waals surface area contributed by atoms with Crippen molar-refractivity contribution in [3.63, 3.8) is 0 Å². The quantitative estimate of drug-likeness (QED) is 0.532. The Morgan fingerprint density at radius 1 is 1.05 bits per heavy atom. The number of carbonyl (C=O) groups excluding carboxylic acids is 1. The lowest BCUT2D eigenvalue weighted by molar-refractivity contribution is 0.0739. The molecule has 2 heterocycles. The maximum Gasteiger partial charge on any atom is 0.353 e. The van der Waals surface area contributed by atoms with Gasteiger partial charge in [0.05, 0.1) is 0 Å². The van der Waals surface area contributed by atoms with Crippen LogP contribution in [0.2, 0.25) is 0 Å². The van der Waals surface area contributed by atoms with Crippen molar-refractivity contribution in [1.82, 2.24) is 0 Å². The molecule has 0 aliphatic carbocycles. The average molecular weight is 298 g/mol. The van der Waals surface area contributed by atoms with Crippen LogP contribution < -0.4 is 14.2 Å². The molecule has 0 bridgehead atoms. The summed E-state index contributed by atoms with van der Waals surface area (Å²) in [5, 5.41) is 1.04. The third-order valence-electron chi connectivity index (χ3n) is 3.18. The first kappa shape index (κ1) is 12.2. The zero-order valence-corrected chi connectivity index (χ0v) is 11.7. The second-order valence-corrected chi connectivity index (χ2v) is 5.64. The van der Waals surface area contributed by atoms with Crippen molar-refractivity contribution in [3.8, 4) is 17.2 Å². The van der Waals surface area contributed by atoms with E-state index >= 15 is 0 Å². The van der Waals surface area contributed by atoms with Gasteiger partial charge in [-0.3, -0.25) is 0 Å². The number of thiophene rings is 1. The lowest BCUT2D eigenvalue weighted by Gasteiger charge is -2.03. The second kappa shape index (κ2) is 4.79. The van der Waals surface area contributed by atoms with Crippen LogP contribution in [0.4, 0.5) is 0 Å². The van der Waals surface area contributed by atoms with Crippen molar-refractivity contribution < 1.29 is 19.0 Å². The minimum atomic E-state index is -0.366. The molecule has 0 N–H and O–H groups in total. The van der Waals surface area contributed by atoms with Crippen LogP contribution in [-0.2, 0) is 0 Å². The fraction of sp³-hybridized carbons (Fsp3) is 0.0625. The van der Waals surface area contributed by atoms with Crippen LogP contribution in [-0.4, -0.2) is 12.8 Å². The van der Waals surface area contributed by atoms with Crippen LogP contribution in [0.1, 0.15) is 9.67 Å². The first-order valence-electron chi connectivity index (χ1n) is 6.40. The van der Waals surface area contributed by atoms with Gasteiger partial charge in [-0.15, -0.1) is 11.3 Å². The Morgan fingerprint density at radius 2 is 1.90 bits per heavy atom. The molecule has 0 spiro atoms. The molecule has 21 heavy (non-hydrogen) atoms. The van der Waals surface area contributed by atoms with Gasteiger partial charge >= 0.3 is 5.97 Å². The summed E-state index contributed by atoms with van der Waals surface area (Å²) in [6.45, 7) is 0.197. The Balaban J connectivity index is 1.60. The predicted octanol–water partition coefficient (Wildman–Crippen LogP) is 3.85. The summed E-state index contributed by atoms with van der Waals surface area (Å²) in [5.74, 6) is 1.34. The van der Waals surface area contributed by atoms with E-state index in [0.29, 0.717) is 22.1 Å². The van der Waals surface area contributed by atoms with E-state index in [9.17, 15) is 4.79 Å². The van der Waals surface area contributed by atoms with E-state index in [-0.39, 0.29) is 12.8 Å². The molecule has 0 atom stereocenters. The van der Waals surface area contributed by atoms with Crippen molar-refractivity contribution in [1.29, 1.82) is 0 Å². The van der Waals surface area contributed by atoms with E-state index in [4.69, 9.17) is 14.2 Å². The highest BCUT2D eigenvalue weighted by atomic mass is 32.1. The first-order chi connectivity index (χ1) is 10.3. The zero-order chi connectivity index (χ0) is 14.2. The van der Waals surface area contributed by atoms with E-state index < -0.39 is 0 Å². The summed E-state index contributed by atoms with van der Waals surface area (Å²) >= 11 is 1.42. The summed E-state index contributed by atoms with van der Waals surface area (Å²) in [5.41, 5.74) is 0. The van der Waals surface area contributed by atoms with Gasteiger partial charge in [-0.05, 0) is 29.7 Å². The number of rotatable bonds is 2. The maximum absolute atomic E-state index is 12.2. The van der Waals surface area contributed by atoms with E-state index in [2.05, 4.69) is 0 Å². The van der Waals surface area contributed by atoms with Crippen LogP contribution in [0.5, 0.6) is 17.2 Å². The zero-order valence-electron chi connectivity index (χ0n) is 10.9. The molecule has 4 nitrogen and oxygen atoms in total. The third kappa shape index (κ3) is 2.21. The highest BCUT2D eigenvalue weighted by Gasteiger charge is 2.17. The van der Waals surface area contributed by atoms with Gasteiger partial charge in [0.15, 0.2) is 11.5 Å². The molecule has 0 amide bonds. The molecule has 0 saturated heterocycles. The smallest absolute Gasteiger partial charge is 0.353 e. The minimum absolute atomic E-state index is 0.197. The Bertz CT molecular complexity index is 804. The van der Waals surface area contributed by atoms with Crippen LogP contribution in [0.15, 0.2) is 48.5 Å². The molecule has 1 aliphatic heterocycles. The SMILES string of the molecule is O=C(Oc1ccc2c(c1)OCO2)c1cc2ccccc2s1. The molecular weight excluding hydrogens is 288 g/mol. The van der Waals surface area contributed by atoms with E-state index in [1.54, 1.807) is 18.2 Å². The summed E-state index contributed by atoms with van der Waals surface area (Å²) in [4.78, 5) is 12.8. The number of hydrogen-bond donors (Lipinski definition) is 0. The predicted molar refractivity (Wildman–Crippen MR) is 79.3 cm³/mol. The Labute approximate surface area is 124 Å². The number of ether oxygens (including phenoxy) is 3. The lowest BCUT2D eigenvalue weighted by Crippen LogP contribution is -2.06. The van der Waals surface area contributed by atoms with Gasteiger partial charge in [0.2, 0.25) is 6.79 Å². The monoisotopic (exact) mass is 298 g/mol. The van der Waals surface area contributed by atoms with Crippen LogP contribution in [0.25, 0.3) is 10.1 Å². The molecule has 0 fully saturated rings. The highest BCUT2D eigenvalue weighted by molar-refractivity contribution is 7.20. The van der Waals surface area contributed by atoms with Gasteiger partial charge in [0.25, 0.3) is 0 Å². The Hall–Kier alpha value is -2.53. The molecule has 1 aromatic heterocycles. The van der Waals surface area contributed by atoms with E-state index in [0.717, 1.165) is 10.1 Å². The fourth-order valence-electron chi connectivity index (χ4n) is 2.18. The Morgan fingerprint density at radius 3 is 2.81 bits per heavy atom. The second-order valence-electron chi connectivity index (χ2n) is 4.55. The largest absolute Gasteiger partial charge is 0.454 e. The van der Waals surface area contributed by atoms with Gasteiger partial charge < -0.3 is 14.2 Å². The van der Waals surface area contributed by atoms with Crippen molar-refractivity contribution in [2.24, 2.45) is 0 Å². The molecule has 2 aromatic carbocycles. The number of hydrogen-bond acceptors (Lipinski definition) is 5. The van der Waals surface area contributed by atoms with Crippen LogP contribution in [0.3, 0.4) is 0 Å². The molecule has 0 saturated carbocycles. The molecule has 4 rings (SSSR count). The van der Waals surface area contributed by atoms with Gasteiger partial charge in [-0.25, -0.2) is 4.79 Å².